The SMILES string of the molecule is Cn1ccc(-c2cc(C(=O)N(CC(F)(F)F)C3CCC3)no2)n1. The highest BCUT2D eigenvalue weighted by Crippen LogP contribution is 2.30. The van der Waals surface area contributed by atoms with Gasteiger partial charge in [0.25, 0.3) is 5.91 Å². The quantitative estimate of drug-likeness (QED) is 0.865. The van der Waals surface area contributed by atoms with E-state index in [1.54, 1.807) is 24.0 Å². The third kappa shape index (κ3) is 3.38. The Kier molecular flexibility index (Phi) is 3.87. The molecule has 2 heterocycles. The number of halogens is 3. The van der Waals surface area contributed by atoms with Crippen LogP contribution >= 0.6 is 0 Å². The Labute approximate surface area is 129 Å². The summed E-state index contributed by atoms with van der Waals surface area (Å²) >= 11 is 0. The summed E-state index contributed by atoms with van der Waals surface area (Å²) in [7, 11) is 1.72. The summed E-state index contributed by atoms with van der Waals surface area (Å²) < 4.78 is 44.8. The molecule has 0 radical (unpaired) electrons. The molecule has 0 atom stereocenters. The minimum Gasteiger partial charge on any atom is -0.354 e. The molecule has 9 heteroatoms. The highest BCUT2D eigenvalue weighted by atomic mass is 19.4. The van der Waals surface area contributed by atoms with Gasteiger partial charge in [0.2, 0.25) is 0 Å². The fourth-order valence-corrected chi connectivity index (χ4v) is 2.45. The van der Waals surface area contributed by atoms with Crippen LogP contribution in [-0.2, 0) is 7.05 Å². The van der Waals surface area contributed by atoms with Gasteiger partial charge in [0.1, 0.15) is 12.2 Å². The molecule has 0 aliphatic heterocycles. The van der Waals surface area contributed by atoms with Crippen molar-refractivity contribution in [2.75, 3.05) is 6.54 Å². The van der Waals surface area contributed by atoms with Crippen LogP contribution in [0.4, 0.5) is 13.2 Å². The van der Waals surface area contributed by atoms with Crippen molar-refractivity contribution in [3.63, 3.8) is 0 Å². The van der Waals surface area contributed by atoms with Crippen molar-refractivity contribution >= 4 is 5.91 Å². The second kappa shape index (κ2) is 5.71. The number of carbonyl (C=O) groups is 1. The van der Waals surface area contributed by atoms with E-state index in [1.165, 1.54) is 6.07 Å². The minimum absolute atomic E-state index is 0.137. The molecule has 2 aromatic rings. The number of rotatable bonds is 4. The largest absolute Gasteiger partial charge is 0.406 e. The van der Waals surface area contributed by atoms with Crippen LogP contribution in [0.15, 0.2) is 22.9 Å². The van der Waals surface area contributed by atoms with Crippen molar-refractivity contribution in [3.8, 4) is 11.5 Å². The lowest BCUT2D eigenvalue weighted by atomic mass is 9.91. The van der Waals surface area contributed by atoms with Crippen molar-refractivity contribution in [2.45, 2.75) is 31.5 Å². The highest BCUT2D eigenvalue weighted by molar-refractivity contribution is 5.93. The third-order valence-electron chi connectivity index (χ3n) is 3.82. The number of nitrogens with zero attached hydrogens (tertiary/aromatic N) is 4. The topological polar surface area (TPSA) is 64.2 Å². The van der Waals surface area contributed by atoms with Crippen LogP contribution in [0.1, 0.15) is 29.8 Å². The molecule has 3 rings (SSSR count). The van der Waals surface area contributed by atoms with Crippen LogP contribution in [0.25, 0.3) is 11.5 Å². The smallest absolute Gasteiger partial charge is 0.354 e. The molecule has 1 fully saturated rings. The van der Waals surface area contributed by atoms with Gasteiger partial charge in [-0.25, -0.2) is 0 Å². The predicted molar refractivity (Wildman–Crippen MR) is 73.4 cm³/mol. The molecule has 1 aliphatic carbocycles. The first-order valence-corrected chi connectivity index (χ1v) is 7.18. The lowest BCUT2D eigenvalue weighted by Crippen LogP contribution is -2.48. The van der Waals surface area contributed by atoms with Gasteiger partial charge in [0.15, 0.2) is 11.5 Å². The zero-order chi connectivity index (χ0) is 16.6. The Balaban J connectivity index is 1.81. The van der Waals surface area contributed by atoms with Crippen molar-refractivity contribution in [3.05, 3.63) is 24.0 Å². The zero-order valence-electron chi connectivity index (χ0n) is 12.4. The molecule has 1 saturated carbocycles. The van der Waals surface area contributed by atoms with Gasteiger partial charge in [-0.1, -0.05) is 5.16 Å². The maximum atomic E-state index is 12.7. The summed E-state index contributed by atoms with van der Waals surface area (Å²) in [4.78, 5) is 13.2. The summed E-state index contributed by atoms with van der Waals surface area (Å²) in [6.07, 6.45) is -0.785. The summed E-state index contributed by atoms with van der Waals surface area (Å²) in [5.74, 6) is -0.521. The van der Waals surface area contributed by atoms with Crippen molar-refractivity contribution in [1.29, 1.82) is 0 Å². The van der Waals surface area contributed by atoms with E-state index in [4.69, 9.17) is 4.52 Å². The third-order valence-corrected chi connectivity index (χ3v) is 3.82. The first-order valence-electron chi connectivity index (χ1n) is 7.18. The Morgan fingerprint density at radius 1 is 1.48 bits per heavy atom. The number of aryl methyl sites for hydroxylation is 1. The van der Waals surface area contributed by atoms with Crippen LogP contribution in [-0.4, -0.2) is 44.5 Å². The van der Waals surface area contributed by atoms with Gasteiger partial charge in [-0.15, -0.1) is 0 Å². The summed E-state index contributed by atoms with van der Waals surface area (Å²) in [6, 6.07) is 2.60. The number of hydrogen-bond acceptors (Lipinski definition) is 4. The number of carbonyl (C=O) groups excluding carboxylic acids is 1. The van der Waals surface area contributed by atoms with Crippen LogP contribution in [0.3, 0.4) is 0 Å². The molecular weight excluding hydrogens is 313 g/mol. The summed E-state index contributed by atoms with van der Waals surface area (Å²) in [5, 5.41) is 7.71. The van der Waals surface area contributed by atoms with Crippen molar-refractivity contribution < 1.29 is 22.5 Å². The maximum absolute atomic E-state index is 12.7. The van der Waals surface area contributed by atoms with Gasteiger partial charge in [-0.05, 0) is 25.3 Å². The second-order valence-electron chi connectivity index (χ2n) is 5.58. The lowest BCUT2D eigenvalue weighted by Gasteiger charge is -2.37. The normalized spacial score (nSPS) is 15.5. The number of aromatic nitrogens is 3. The first-order chi connectivity index (χ1) is 10.8. The van der Waals surface area contributed by atoms with Gasteiger partial charge in [0, 0.05) is 25.4 Å². The maximum Gasteiger partial charge on any atom is 0.406 e. The average molecular weight is 328 g/mol. The molecule has 0 saturated heterocycles. The van der Waals surface area contributed by atoms with E-state index in [9.17, 15) is 18.0 Å². The van der Waals surface area contributed by atoms with Crippen LogP contribution in [0.2, 0.25) is 0 Å². The highest BCUT2D eigenvalue weighted by Gasteiger charge is 2.39. The van der Waals surface area contributed by atoms with E-state index in [1.807, 2.05) is 0 Å². The van der Waals surface area contributed by atoms with Crippen molar-refractivity contribution in [1.82, 2.24) is 19.8 Å². The van der Waals surface area contributed by atoms with Gasteiger partial charge < -0.3 is 9.42 Å². The van der Waals surface area contributed by atoms with E-state index in [0.717, 1.165) is 11.3 Å². The van der Waals surface area contributed by atoms with E-state index in [-0.39, 0.29) is 17.5 Å². The number of hydrogen-bond donors (Lipinski definition) is 0. The number of amides is 1. The van der Waals surface area contributed by atoms with Gasteiger partial charge in [-0.2, -0.15) is 18.3 Å². The Morgan fingerprint density at radius 2 is 2.22 bits per heavy atom. The molecule has 0 bridgehead atoms. The average Bonchev–Trinajstić information content (AvgIpc) is 3.01. The van der Waals surface area contributed by atoms with Crippen molar-refractivity contribution in [2.24, 2.45) is 7.05 Å². The summed E-state index contributed by atoms with van der Waals surface area (Å²) in [5.41, 5.74) is 0.326. The standard InChI is InChI=1S/C14H15F3N4O2/c1-20-6-5-10(18-20)12-7-11(19-23-12)13(22)21(8-14(15,16)17)9-3-2-4-9/h5-7,9H,2-4,8H2,1H3. The Bertz CT molecular complexity index is 703. The van der Waals surface area contributed by atoms with E-state index < -0.39 is 18.6 Å². The van der Waals surface area contributed by atoms with Gasteiger partial charge >= 0.3 is 6.18 Å². The lowest BCUT2D eigenvalue weighted by molar-refractivity contribution is -0.147. The molecule has 1 amide bonds. The van der Waals surface area contributed by atoms with Crippen LogP contribution < -0.4 is 0 Å². The first kappa shape index (κ1) is 15.6. The molecule has 0 N–H and O–H groups in total. The van der Waals surface area contributed by atoms with Crippen LogP contribution in [0, 0.1) is 0 Å². The molecule has 0 spiro atoms. The Morgan fingerprint density at radius 3 is 2.74 bits per heavy atom. The van der Waals surface area contributed by atoms with Gasteiger partial charge in [0.05, 0.1) is 0 Å². The Hall–Kier alpha value is -2.32. The second-order valence-corrected chi connectivity index (χ2v) is 5.58. The molecule has 0 unspecified atom stereocenters. The number of alkyl halides is 3. The molecule has 23 heavy (non-hydrogen) atoms. The molecule has 0 aromatic carbocycles. The van der Waals surface area contributed by atoms with E-state index in [2.05, 4.69) is 10.3 Å². The molecule has 6 nitrogen and oxygen atoms in total. The molecular formula is C14H15F3N4O2. The van der Waals surface area contributed by atoms with Gasteiger partial charge in [-0.3, -0.25) is 9.48 Å². The summed E-state index contributed by atoms with van der Waals surface area (Å²) in [6.45, 7) is -1.28. The minimum atomic E-state index is -4.45. The van der Waals surface area contributed by atoms with E-state index >= 15 is 0 Å². The van der Waals surface area contributed by atoms with Crippen LogP contribution in [0.5, 0.6) is 0 Å². The molecule has 1 aliphatic rings. The fraction of sp³-hybridized carbons (Fsp3) is 0.500. The molecule has 124 valence electrons. The zero-order valence-corrected chi connectivity index (χ0v) is 12.4. The fourth-order valence-electron chi connectivity index (χ4n) is 2.45. The monoisotopic (exact) mass is 328 g/mol. The van der Waals surface area contributed by atoms with E-state index in [0.29, 0.717) is 18.5 Å². The predicted octanol–water partition coefficient (Wildman–Crippen LogP) is 2.63. The molecule has 2 aromatic heterocycles.